The van der Waals surface area contributed by atoms with Crippen molar-refractivity contribution >= 4 is 27.7 Å². The lowest BCUT2D eigenvalue weighted by atomic mass is 10.2. The molecule has 3 rings (SSSR count). The smallest absolute Gasteiger partial charge is 0.279 e. The molecule has 0 bridgehead atoms. The number of hydrogen-bond donors (Lipinski definition) is 2. The molecule has 2 amide bonds. The summed E-state index contributed by atoms with van der Waals surface area (Å²) in [6.45, 7) is 1.60. The van der Waals surface area contributed by atoms with Crippen LogP contribution in [0.15, 0.2) is 71.5 Å². The van der Waals surface area contributed by atoms with E-state index in [0.717, 1.165) is 15.7 Å². The average molecular weight is 443 g/mol. The van der Waals surface area contributed by atoms with Gasteiger partial charge in [0.2, 0.25) is 5.91 Å². The SMILES string of the molecule is C[C@@H](Oc1cccc(Br)c1)C(=O)NNC(=O)Cc1cnn(-c2ccccc2)c1. The third-order valence-electron chi connectivity index (χ3n) is 3.82. The molecule has 0 radical (unpaired) electrons. The first-order valence-electron chi connectivity index (χ1n) is 8.61. The van der Waals surface area contributed by atoms with Gasteiger partial charge >= 0.3 is 0 Å². The molecule has 0 unspecified atom stereocenters. The van der Waals surface area contributed by atoms with Crippen molar-refractivity contribution in [1.82, 2.24) is 20.6 Å². The van der Waals surface area contributed by atoms with Gasteiger partial charge in [-0.15, -0.1) is 0 Å². The summed E-state index contributed by atoms with van der Waals surface area (Å²) in [6, 6.07) is 16.8. The summed E-state index contributed by atoms with van der Waals surface area (Å²) >= 11 is 3.34. The Morgan fingerprint density at radius 3 is 2.68 bits per heavy atom. The molecule has 1 atom stereocenters. The molecule has 0 saturated heterocycles. The van der Waals surface area contributed by atoms with Gasteiger partial charge < -0.3 is 4.74 Å². The lowest BCUT2D eigenvalue weighted by molar-refractivity contribution is -0.132. The van der Waals surface area contributed by atoms with Crippen molar-refractivity contribution in [2.75, 3.05) is 0 Å². The molecule has 144 valence electrons. The average Bonchev–Trinajstić information content (AvgIpc) is 3.15. The zero-order valence-electron chi connectivity index (χ0n) is 15.1. The molecule has 28 heavy (non-hydrogen) atoms. The molecular formula is C20H19BrN4O3. The molecular weight excluding hydrogens is 424 g/mol. The third kappa shape index (κ3) is 5.43. The van der Waals surface area contributed by atoms with Gasteiger partial charge in [0, 0.05) is 10.7 Å². The second kappa shape index (κ2) is 9.18. The molecule has 0 fully saturated rings. The summed E-state index contributed by atoms with van der Waals surface area (Å²) in [6.07, 6.45) is 2.72. The molecule has 8 heteroatoms. The zero-order chi connectivity index (χ0) is 19.9. The molecule has 1 aromatic heterocycles. The largest absolute Gasteiger partial charge is 0.481 e. The highest BCUT2D eigenvalue weighted by atomic mass is 79.9. The Morgan fingerprint density at radius 2 is 1.93 bits per heavy atom. The van der Waals surface area contributed by atoms with E-state index in [0.29, 0.717) is 5.75 Å². The number of para-hydroxylation sites is 1. The number of amides is 2. The van der Waals surface area contributed by atoms with Gasteiger partial charge in [-0.2, -0.15) is 5.10 Å². The topological polar surface area (TPSA) is 85.2 Å². The fourth-order valence-corrected chi connectivity index (χ4v) is 2.81. The molecule has 1 heterocycles. The van der Waals surface area contributed by atoms with E-state index in [4.69, 9.17) is 4.74 Å². The van der Waals surface area contributed by atoms with Crippen LogP contribution in [0.2, 0.25) is 0 Å². The fourth-order valence-electron chi connectivity index (χ4n) is 2.43. The predicted molar refractivity (Wildman–Crippen MR) is 108 cm³/mol. The molecule has 3 aromatic rings. The minimum atomic E-state index is -0.768. The van der Waals surface area contributed by atoms with Crippen LogP contribution in [0, 0.1) is 0 Å². The summed E-state index contributed by atoms with van der Waals surface area (Å²) in [4.78, 5) is 24.2. The van der Waals surface area contributed by atoms with Crippen molar-refractivity contribution in [1.29, 1.82) is 0 Å². The molecule has 0 aliphatic carbocycles. The van der Waals surface area contributed by atoms with Gasteiger partial charge in [0.15, 0.2) is 6.10 Å². The molecule has 2 aromatic carbocycles. The molecule has 0 aliphatic rings. The summed E-state index contributed by atoms with van der Waals surface area (Å²) < 4.78 is 8.09. The number of hydrazine groups is 1. The summed E-state index contributed by atoms with van der Waals surface area (Å²) in [7, 11) is 0. The third-order valence-corrected chi connectivity index (χ3v) is 4.32. The van der Waals surface area contributed by atoms with Crippen LogP contribution in [0.5, 0.6) is 5.75 Å². The number of hydrogen-bond acceptors (Lipinski definition) is 4. The van der Waals surface area contributed by atoms with Crippen molar-refractivity contribution in [2.45, 2.75) is 19.4 Å². The first kappa shape index (κ1) is 19.6. The van der Waals surface area contributed by atoms with Crippen molar-refractivity contribution in [3.63, 3.8) is 0 Å². The number of carbonyl (C=O) groups is 2. The monoisotopic (exact) mass is 442 g/mol. The number of ether oxygens (including phenoxy) is 1. The van der Waals surface area contributed by atoms with Crippen molar-refractivity contribution in [2.24, 2.45) is 0 Å². The van der Waals surface area contributed by atoms with E-state index in [2.05, 4.69) is 31.9 Å². The van der Waals surface area contributed by atoms with Gasteiger partial charge in [-0.3, -0.25) is 20.4 Å². The van der Waals surface area contributed by atoms with Crippen LogP contribution in [0.1, 0.15) is 12.5 Å². The van der Waals surface area contributed by atoms with Gasteiger partial charge in [0.25, 0.3) is 5.91 Å². The number of nitrogens with one attached hydrogen (secondary N) is 2. The maximum absolute atomic E-state index is 12.1. The molecule has 7 nitrogen and oxygen atoms in total. The standard InChI is InChI=1S/C20H19BrN4O3/c1-14(28-18-9-5-6-16(21)11-18)20(27)24-23-19(26)10-15-12-22-25(13-15)17-7-3-2-4-8-17/h2-9,11-14H,10H2,1H3,(H,23,26)(H,24,27)/t14-/m1/s1. The number of carbonyl (C=O) groups excluding carboxylic acids is 2. The van der Waals surface area contributed by atoms with Gasteiger partial charge in [-0.25, -0.2) is 4.68 Å². The summed E-state index contributed by atoms with van der Waals surface area (Å²) in [5.74, 6) is -0.249. The van der Waals surface area contributed by atoms with Gasteiger partial charge in [-0.05, 0) is 42.8 Å². The Hall–Kier alpha value is -3.13. The lowest BCUT2D eigenvalue weighted by Crippen LogP contribution is -2.47. The summed E-state index contributed by atoms with van der Waals surface area (Å²) in [5, 5.41) is 4.24. The Bertz CT molecular complexity index is 959. The van der Waals surface area contributed by atoms with E-state index in [1.165, 1.54) is 0 Å². The molecule has 0 spiro atoms. The highest BCUT2D eigenvalue weighted by Gasteiger charge is 2.16. The number of aromatic nitrogens is 2. The van der Waals surface area contributed by atoms with Crippen LogP contribution in [0.25, 0.3) is 5.69 Å². The normalized spacial score (nSPS) is 11.5. The maximum atomic E-state index is 12.1. The predicted octanol–water partition coefficient (Wildman–Crippen LogP) is 2.79. The van der Waals surface area contributed by atoms with Gasteiger partial charge in [0.1, 0.15) is 5.75 Å². The zero-order valence-corrected chi connectivity index (χ0v) is 16.7. The van der Waals surface area contributed by atoms with E-state index in [9.17, 15) is 9.59 Å². The number of benzene rings is 2. The van der Waals surface area contributed by atoms with Crippen LogP contribution < -0.4 is 15.6 Å². The van der Waals surface area contributed by atoms with Crippen molar-refractivity contribution in [3.8, 4) is 11.4 Å². The number of nitrogens with zero attached hydrogens (tertiary/aromatic N) is 2. The molecule has 0 saturated carbocycles. The van der Waals surface area contributed by atoms with Gasteiger partial charge in [0.05, 0.1) is 18.3 Å². The van der Waals surface area contributed by atoms with Crippen LogP contribution in [-0.4, -0.2) is 27.7 Å². The second-order valence-corrected chi connectivity index (χ2v) is 6.98. The van der Waals surface area contributed by atoms with Crippen LogP contribution in [0.4, 0.5) is 0 Å². The Morgan fingerprint density at radius 1 is 1.14 bits per heavy atom. The molecule has 2 N–H and O–H groups in total. The van der Waals surface area contributed by atoms with Crippen molar-refractivity contribution in [3.05, 3.63) is 77.0 Å². The highest BCUT2D eigenvalue weighted by molar-refractivity contribution is 9.10. The Kier molecular flexibility index (Phi) is 6.44. The second-order valence-electron chi connectivity index (χ2n) is 6.06. The van der Waals surface area contributed by atoms with E-state index in [1.54, 1.807) is 42.2 Å². The van der Waals surface area contributed by atoms with E-state index in [-0.39, 0.29) is 12.3 Å². The minimum absolute atomic E-state index is 0.0913. The van der Waals surface area contributed by atoms with Crippen LogP contribution >= 0.6 is 15.9 Å². The van der Waals surface area contributed by atoms with Crippen LogP contribution in [-0.2, 0) is 16.0 Å². The quantitative estimate of drug-likeness (QED) is 0.574. The highest BCUT2D eigenvalue weighted by Crippen LogP contribution is 2.18. The lowest BCUT2D eigenvalue weighted by Gasteiger charge is -2.15. The molecule has 0 aliphatic heterocycles. The van der Waals surface area contributed by atoms with E-state index >= 15 is 0 Å². The first-order chi connectivity index (χ1) is 13.5. The fraction of sp³-hybridized carbons (Fsp3) is 0.150. The van der Waals surface area contributed by atoms with Crippen molar-refractivity contribution < 1.29 is 14.3 Å². The van der Waals surface area contributed by atoms with Crippen LogP contribution in [0.3, 0.4) is 0 Å². The minimum Gasteiger partial charge on any atom is -0.481 e. The van der Waals surface area contributed by atoms with E-state index in [1.807, 2.05) is 36.4 Å². The Labute approximate surface area is 170 Å². The summed E-state index contributed by atoms with van der Waals surface area (Å²) in [5.41, 5.74) is 6.40. The maximum Gasteiger partial charge on any atom is 0.279 e. The first-order valence-corrected chi connectivity index (χ1v) is 9.40. The van der Waals surface area contributed by atoms with E-state index < -0.39 is 12.0 Å². The van der Waals surface area contributed by atoms with Gasteiger partial charge in [-0.1, -0.05) is 40.2 Å². The number of rotatable bonds is 6. The number of halogens is 1. The Balaban J connectivity index is 1.47.